The Morgan fingerprint density at radius 2 is 1.64 bits per heavy atom. The topological polar surface area (TPSA) is 0 Å². The zero-order valence-electron chi connectivity index (χ0n) is 15.7. The second kappa shape index (κ2) is 8.85. The van der Waals surface area contributed by atoms with E-state index in [2.05, 4.69) is 80.6 Å². The van der Waals surface area contributed by atoms with Crippen LogP contribution in [0.3, 0.4) is 0 Å². The SMILES string of the molecule is C/C=C/CCC1=CCC(c2ccc(-c3ccc(CC)cc3)cc2)CC1. The summed E-state index contributed by atoms with van der Waals surface area (Å²) in [7, 11) is 0. The van der Waals surface area contributed by atoms with Crippen molar-refractivity contribution in [2.75, 3.05) is 0 Å². The van der Waals surface area contributed by atoms with Gasteiger partial charge < -0.3 is 0 Å². The van der Waals surface area contributed by atoms with Crippen LogP contribution in [-0.4, -0.2) is 0 Å². The monoisotopic (exact) mass is 330 g/mol. The molecule has 0 aromatic heterocycles. The summed E-state index contributed by atoms with van der Waals surface area (Å²) < 4.78 is 0. The molecule has 0 bridgehead atoms. The van der Waals surface area contributed by atoms with Crippen molar-refractivity contribution in [1.82, 2.24) is 0 Å². The summed E-state index contributed by atoms with van der Waals surface area (Å²) in [5.74, 6) is 0.696. The third-order valence-electron chi connectivity index (χ3n) is 5.45. The van der Waals surface area contributed by atoms with Gasteiger partial charge >= 0.3 is 0 Å². The Hall–Kier alpha value is -2.08. The van der Waals surface area contributed by atoms with E-state index in [0.717, 1.165) is 6.42 Å². The van der Waals surface area contributed by atoms with Gasteiger partial charge in [0.2, 0.25) is 0 Å². The van der Waals surface area contributed by atoms with Crippen molar-refractivity contribution in [3.8, 4) is 11.1 Å². The highest BCUT2D eigenvalue weighted by Gasteiger charge is 2.16. The molecule has 1 aliphatic carbocycles. The summed E-state index contributed by atoms with van der Waals surface area (Å²) in [4.78, 5) is 0. The molecular weight excluding hydrogens is 300 g/mol. The van der Waals surface area contributed by atoms with Gasteiger partial charge in [-0.15, -0.1) is 0 Å². The number of allylic oxidation sites excluding steroid dienone is 4. The molecule has 1 atom stereocenters. The second-order valence-electron chi connectivity index (χ2n) is 7.11. The van der Waals surface area contributed by atoms with Gasteiger partial charge in [0.15, 0.2) is 0 Å². The first-order valence-electron chi connectivity index (χ1n) is 9.78. The zero-order valence-corrected chi connectivity index (χ0v) is 15.7. The van der Waals surface area contributed by atoms with Crippen LogP contribution in [-0.2, 0) is 6.42 Å². The molecular formula is C25H30. The van der Waals surface area contributed by atoms with Gasteiger partial charge in [-0.2, -0.15) is 0 Å². The van der Waals surface area contributed by atoms with Crippen molar-refractivity contribution in [3.05, 3.63) is 83.5 Å². The molecule has 0 spiro atoms. The van der Waals surface area contributed by atoms with Crippen molar-refractivity contribution in [2.24, 2.45) is 0 Å². The van der Waals surface area contributed by atoms with Crippen LogP contribution in [0.25, 0.3) is 11.1 Å². The van der Waals surface area contributed by atoms with Gasteiger partial charge in [-0.05, 0) is 73.6 Å². The van der Waals surface area contributed by atoms with Crippen LogP contribution in [0.15, 0.2) is 72.3 Å². The highest BCUT2D eigenvalue weighted by atomic mass is 14.2. The summed E-state index contributed by atoms with van der Waals surface area (Å²) in [6.45, 7) is 4.31. The Bertz CT molecular complexity index is 714. The fraction of sp³-hybridized carbons (Fsp3) is 0.360. The maximum Gasteiger partial charge on any atom is -0.0124 e. The highest BCUT2D eigenvalue weighted by molar-refractivity contribution is 5.64. The lowest BCUT2D eigenvalue weighted by atomic mass is 9.83. The van der Waals surface area contributed by atoms with Gasteiger partial charge in [0.05, 0.1) is 0 Å². The third-order valence-corrected chi connectivity index (χ3v) is 5.45. The van der Waals surface area contributed by atoms with Crippen LogP contribution in [0.4, 0.5) is 0 Å². The highest BCUT2D eigenvalue weighted by Crippen LogP contribution is 2.34. The minimum atomic E-state index is 0.696. The van der Waals surface area contributed by atoms with E-state index in [1.165, 1.54) is 54.4 Å². The van der Waals surface area contributed by atoms with Crippen LogP contribution in [0.2, 0.25) is 0 Å². The molecule has 0 N–H and O–H groups in total. The fourth-order valence-electron chi connectivity index (χ4n) is 3.73. The zero-order chi connectivity index (χ0) is 17.5. The largest absolute Gasteiger partial charge is 0.0917 e. The van der Waals surface area contributed by atoms with Crippen LogP contribution < -0.4 is 0 Å². The summed E-state index contributed by atoms with van der Waals surface area (Å²) >= 11 is 0. The van der Waals surface area contributed by atoms with Gasteiger partial charge in [0.1, 0.15) is 0 Å². The number of hydrogen-bond acceptors (Lipinski definition) is 0. The Morgan fingerprint density at radius 1 is 0.960 bits per heavy atom. The first kappa shape index (κ1) is 17.7. The summed E-state index contributed by atoms with van der Waals surface area (Å²) in [6, 6.07) is 18.2. The minimum Gasteiger partial charge on any atom is -0.0917 e. The average molecular weight is 331 g/mol. The summed E-state index contributed by atoms with van der Waals surface area (Å²) in [5, 5.41) is 0. The second-order valence-corrected chi connectivity index (χ2v) is 7.11. The van der Waals surface area contributed by atoms with Crippen molar-refractivity contribution < 1.29 is 0 Å². The van der Waals surface area contributed by atoms with Crippen LogP contribution in [0.5, 0.6) is 0 Å². The van der Waals surface area contributed by atoms with E-state index in [0.29, 0.717) is 5.92 Å². The molecule has 1 aliphatic rings. The fourth-order valence-corrected chi connectivity index (χ4v) is 3.73. The number of rotatable bonds is 6. The summed E-state index contributed by atoms with van der Waals surface area (Å²) in [5.41, 5.74) is 7.20. The molecule has 1 unspecified atom stereocenters. The number of benzene rings is 2. The van der Waals surface area contributed by atoms with Gasteiger partial charge in [-0.1, -0.05) is 79.3 Å². The van der Waals surface area contributed by atoms with E-state index in [4.69, 9.17) is 0 Å². The van der Waals surface area contributed by atoms with Gasteiger partial charge in [-0.25, -0.2) is 0 Å². The van der Waals surface area contributed by atoms with Gasteiger partial charge in [0.25, 0.3) is 0 Å². The Balaban J connectivity index is 1.62. The number of aryl methyl sites for hydroxylation is 1. The van der Waals surface area contributed by atoms with Gasteiger partial charge in [0, 0.05) is 0 Å². The van der Waals surface area contributed by atoms with E-state index >= 15 is 0 Å². The third kappa shape index (κ3) is 4.72. The molecule has 0 heteroatoms. The van der Waals surface area contributed by atoms with Crippen LogP contribution >= 0.6 is 0 Å². The van der Waals surface area contributed by atoms with Crippen molar-refractivity contribution in [3.63, 3.8) is 0 Å². The first-order chi connectivity index (χ1) is 12.3. The molecule has 130 valence electrons. The van der Waals surface area contributed by atoms with E-state index in [1.807, 2.05) is 0 Å². The lowest BCUT2D eigenvalue weighted by Crippen LogP contribution is -2.04. The van der Waals surface area contributed by atoms with E-state index in [9.17, 15) is 0 Å². The Morgan fingerprint density at radius 3 is 2.20 bits per heavy atom. The average Bonchev–Trinajstić information content (AvgIpc) is 2.69. The molecule has 0 heterocycles. The Labute approximate surface area is 153 Å². The number of hydrogen-bond donors (Lipinski definition) is 0. The molecule has 0 saturated carbocycles. The van der Waals surface area contributed by atoms with Crippen molar-refractivity contribution >= 4 is 0 Å². The van der Waals surface area contributed by atoms with Gasteiger partial charge in [-0.3, -0.25) is 0 Å². The maximum atomic E-state index is 2.50. The standard InChI is InChI=1S/C25H30/c1-3-5-6-7-21-10-14-23(15-11-21)25-18-16-24(17-19-25)22-12-8-20(4-2)9-13-22/h3,5,8-10,12-13,16-19,23H,4,6-7,11,14-15H2,1-2H3/b5-3+. The van der Waals surface area contributed by atoms with Crippen molar-refractivity contribution in [1.29, 1.82) is 0 Å². The molecule has 25 heavy (non-hydrogen) atoms. The van der Waals surface area contributed by atoms with E-state index < -0.39 is 0 Å². The smallest absolute Gasteiger partial charge is 0.0124 e. The molecule has 0 amide bonds. The first-order valence-corrected chi connectivity index (χ1v) is 9.78. The predicted molar refractivity (Wildman–Crippen MR) is 110 cm³/mol. The maximum absolute atomic E-state index is 2.50. The van der Waals surface area contributed by atoms with Crippen molar-refractivity contribution in [2.45, 2.75) is 58.3 Å². The lowest BCUT2D eigenvalue weighted by Gasteiger charge is -2.22. The summed E-state index contributed by atoms with van der Waals surface area (Å²) in [6.07, 6.45) is 14.2. The molecule has 0 fully saturated rings. The molecule has 3 rings (SSSR count). The molecule has 0 radical (unpaired) electrons. The van der Waals surface area contributed by atoms with E-state index in [1.54, 1.807) is 5.57 Å². The quantitative estimate of drug-likeness (QED) is 0.482. The minimum absolute atomic E-state index is 0.696. The van der Waals surface area contributed by atoms with E-state index in [-0.39, 0.29) is 0 Å². The molecule has 2 aromatic rings. The van der Waals surface area contributed by atoms with Crippen LogP contribution in [0, 0.1) is 0 Å². The molecule has 0 nitrogen and oxygen atoms in total. The molecule has 0 aliphatic heterocycles. The molecule has 0 saturated heterocycles. The Kier molecular flexibility index (Phi) is 6.28. The predicted octanol–water partition coefficient (Wildman–Crippen LogP) is 7.47. The lowest BCUT2D eigenvalue weighted by molar-refractivity contribution is 0.586. The normalized spacial score (nSPS) is 17.7. The van der Waals surface area contributed by atoms with Crippen LogP contribution in [0.1, 0.15) is 63.0 Å². The molecule has 2 aromatic carbocycles.